The number of hydrogen-bond acceptors (Lipinski definition) is 3. The van der Waals surface area contributed by atoms with E-state index >= 15 is 0 Å². The number of nitrogens with one attached hydrogen (secondary N) is 1. The molecule has 3 atom stereocenters. The molecule has 0 radical (unpaired) electrons. The van der Waals surface area contributed by atoms with E-state index in [4.69, 9.17) is 0 Å². The molecule has 7 heteroatoms. The summed E-state index contributed by atoms with van der Waals surface area (Å²) in [6.07, 6.45) is 4.10. The normalized spacial score (nSPS) is 24.4. The van der Waals surface area contributed by atoms with Crippen LogP contribution >= 0.6 is 0 Å². The first kappa shape index (κ1) is 26.1. The number of H-pyrrole nitrogens is 1. The quantitative estimate of drug-likeness (QED) is 0.396. The lowest BCUT2D eigenvalue weighted by Crippen LogP contribution is -2.46. The number of carboxylic acids is 1. The van der Waals surface area contributed by atoms with Gasteiger partial charge in [0.1, 0.15) is 5.69 Å². The van der Waals surface area contributed by atoms with Gasteiger partial charge >= 0.3 is 5.97 Å². The number of amides is 1. The number of carbonyl (C=O) groups is 3. The summed E-state index contributed by atoms with van der Waals surface area (Å²) in [5.41, 5.74) is 2.67. The number of ketones is 1. The lowest BCUT2D eigenvalue weighted by atomic mass is 9.76. The van der Waals surface area contributed by atoms with E-state index in [9.17, 15) is 23.9 Å². The van der Waals surface area contributed by atoms with Crippen LogP contribution in [0.25, 0.3) is 10.9 Å². The second-order valence-corrected chi connectivity index (χ2v) is 11.1. The number of aromatic nitrogens is 1. The highest BCUT2D eigenvalue weighted by atomic mass is 19.1. The number of carbonyl (C=O) groups excluding carboxylic acids is 2. The zero-order valence-electron chi connectivity index (χ0n) is 21.7. The van der Waals surface area contributed by atoms with Crippen molar-refractivity contribution in [2.24, 2.45) is 17.8 Å². The summed E-state index contributed by atoms with van der Waals surface area (Å²) in [6.45, 7) is 2.17. The number of nitrogens with zero attached hydrogens (tertiary/aromatic N) is 1. The lowest BCUT2D eigenvalue weighted by Gasteiger charge is -2.35. The van der Waals surface area contributed by atoms with Crippen LogP contribution in [-0.2, 0) is 16.0 Å². The Morgan fingerprint density at radius 1 is 1.03 bits per heavy atom. The lowest BCUT2D eigenvalue weighted by molar-refractivity contribution is -0.142. The smallest absolute Gasteiger partial charge is 0.352 e. The van der Waals surface area contributed by atoms with Crippen LogP contribution in [0.5, 0.6) is 0 Å². The van der Waals surface area contributed by atoms with Gasteiger partial charge in [-0.1, -0.05) is 43.3 Å². The summed E-state index contributed by atoms with van der Waals surface area (Å²) in [7, 11) is 0. The number of alkyl halides is 1. The van der Waals surface area contributed by atoms with Crippen LogP contribution < -0.4 is 0 Å². The van der Waals surface area contributed by atoms with Crippen molar-refractivity contribution in [2.75, 3.05) is 13.2 Å². The van der Waals surface area contributed by atoms with Gasteiger partial charge in [0.05, 0.1) is 12.7 Å². The highest BCUT2D eigenvalue weighted by Gasteiger charge is 2.44. The number of Topliss-reactive ketones (excluding diaryl/α,β-unsaturated/α-hetero) is 1. The molecule has 1 saturated heterocycles. The Bertz CT molecular complexity index is 1310. The summed E-state index contributed by atoms with van der Waals surface area (Å²) in [6, 6.07) is 16.5. The fourth-order valence-corrected chi connectivity index (χ4v) is 6.50. The Hall–Kier alpha value is -3.48. The Labute approximate surface area is 222 Å². The van der Waals surface area contributed by atoms with Crippen molar-refractivity contribution in [3.8, 4) is 0 Å². The number of hydrogen-bond donors (Lipinski definition) is 2. The minimum atomic E-state index is -1.03. The minimum Gasteiger partial charge on any atom is -0.477 e. The first-order valence-electron chi connectivity index (χ1n) is 13.6. The SMILES string of the molecule is C[C@H](CF)C1CCC(C(=O)N2CC[C@H](c3ccccc3)[C@H]2C(=O)Cc2ccc3[nH]c(C(=O)O)cc3c2)CC1. The number of halogens is 1. The zero-order chi connectivity index (χ0) is 26.8. The van der Waals surface area contributed by atoms with Crippen molar-refractivity contribution < 1.29 is 23.9 Å². The van der Waals surface area contributed by atoms with Gasteiger partial charge in [0.2, 0.25) is 5.91 Å². The van der Waals surface area contributed by atoms with Crippen LogP contribution in [0.2, 0.25) is 0 Å². The third-order valence-electron chi connectivity index (χ3n) is 8.70. The fourth-order valence-electron chi connectivity index (χ4n) is 6.50. The molecule has 2 aliphatic rings. The maximum atomic E-state index is 13.9. The number of likely N-dealkylation sites (tertiary alicyclic amines) is 1. The summed E-state index contributed by atoms with van der Waals surface area (Å²) >= 11 is 0. The molecule has 200 valence electrons. The fraction of sp³-hybridized carbons (Fsp3) is 0.452. The first-order chi connectivity index (χ1) is 18.4. The molecule has 6 nitrogen and oxygen atoms in total. The van der Waals surface area contributed by atoms with Crippen molar-refractivity contribution in [1.82, 2.24) is 9.88 Å². The molecule has 5 rings (SSSR count). The maximum Gasteiger partial charge on any atom is 0.352 e. The molecule has 2 N–H and O–H groups in total. The molecule has 2 heterocycles. The van der Waals surface area contributed by atoms with Crippen molar-refractivity contribution in [3.05, 3.63) is 71.4 Å². The van der Waals surface area contributed by atoms with Crippen LogP contribution in [0.1, 0.15) is 66.6 Å². The number of fused-ring (bicyclic) bond motifs is 1. The summed E-state index contributed by atoms with van der Waals surface area (Å²) in [5.74, 6) is -0.810. The molecule has 1 aliphatic carbocycles. The summed E-state index contributed by atoms with van der Waals surface area (Å²) < 4.78 is 13.2. The molecule has 2 fully saturated rings. The third-order valence-corrected chi connectivity index (χ3v) is 8.70. The highest BCUT2D eigenvalue weighted by molar-refractivity contribution is 5.95. The second kappa shape index (κ2) is 11.1. The van der Waals surface area contributed by atoms with E-state index in [1.54, 1.807) is 12.1 Å². The largest absolute Gasteiger partial charge is 0.477 e. The molecule has 3 aromatic rings. The number of aromatic carboxylic acids is 1. The zero-order valence-corrected chi connectivity index (χ0v) is 21.7. The number of rotatable bonds is 8. The van der Waals surface area contributed by atoms with Crippen LogP contribution in [-0.4, -0.2) is 51.9 Å². The van der Waals surface area contributed by atoms with Crippen LogP contribution in [0.15, 0.2) is 54.6 Å². The van der Waals surface area contributed by atoms with E-state index in [1.165, 1.54) is 0 Å². The molecule has 1 amide bonds. The number of carboxylic acid groups (broad SMARTS) is 1. The van der Waals surface area contributed by atoms with Crippen molar-refractivity contribution >= 4 is 28.6 Å². The average molecular weight is 519 g/mol. The number of benzene rings is 2. The van der Waals surface area contributed by atoms with Gasteiger partial charge in [-0.15, -0.1) is 0 Å². The number of aromatic amines is 1. The Balaban J connectivity index is 1.37. The standard InChI is InChI=1S/C31H35FN2O4/c1-19(18-32)21-8-10-23(11-9-21)30(36)34-14-13-25(22-5-3-2-4-6-22)29(34)28(35)16-20-7-12-26-24(15-20)17-27(33-26)31(37)38/h2-7,12,15,17,19,21,23,25,29,33H,8-11,13-14,16,18H2,1H3,(H,37,38)/t19-,21?,23?,25-,29+/m1/s1. The van der Waals surface area contributed by atoms with Gasteiger partial charge in [-0.25, -0.2) is 4.79 Å². The van der Waals surface area contributed by atoms with E-state index in [0.717, 1.165) is 48.6 Å². The molecule has 0 bridgehead atoms. The minimum absolute atomic E-state index is 0.00205. The van der Waals surface area contributed by atoms with Gasteiger partial charge in [0, 0.05) is 35.7 Å². The van der Waals surface area contributed by atoms with Crippen LogP contribution in [0.4, 0.5) is 4.39 Å². The van der Waals surface area contributed by atoms with E-state index in [-0.39, 0.29) is 48.2 Å². The maximum absolute atomic E-state index is 13.9. The Morgan fingerprint density at radius 3 is 2.45 bits per heavy atom. The molecule has 1 saturated carbocycles. The molecular weight excluding hydrogens is 483 g/mol. The topological polar surface area (TPSA) is 90.5 Å². The summed E-state index contributed by atoms with van der Waals surface area (Å²) in [5, 5.41) is 10.0. The highest BCUT2D eigenvalue weighted by Crippen LogP contribution is 2.39. The average Bonchev–Trinajstić information content (AvgIpc) is 3.58. The van der Waals surface area contributed by atoms with Crippen molar-refractivity contribution in [3.63, 3.8) is 0 Å². The molecule has 0 spiro atoms. The van der Waals surface area contributed by atoms with Crippen molar-refractivity contribution in [2.45, 2.75) is 57.4 Å². The third kappa shape index (κ3) is 5.24. The van der Waals surface area contributed by atoms with E-state index in [2.05, 4.69) is 4.98 Å². The molecule has 38 heavy (non-hydrogen) atoms. The molecule has 0 unspecified atom stereocenters. The van der Waals surface area contributed by atoms with Crippen molar-refractivity contribution in [1.29, 1.82) is 0 Å². The summed E-state index contributed by atoms with van der Waals surface area (Å²) in [4.78, 5) is 43.7. The molecular formula is C31H35FN2O4. The molecule has 1 aliphatic heterocycles. The van der Waals surface area contributed by atoms with E-state index in [1.807, 2.05) is 54.3 Å². The van der Waals surface area contributed by atoms with Gasteiger partial charge in [-0.2, -0.15) is 0 Å². The van der Waals surface area contributed by atoms with E-state index in [0.29, 0.717) is 18.0 Å². The van der Waals surface area contributed by atoms with Gasteiger partial charge in [-0.3, -0.25) is 14.0 Å². The van der Waals surface area contributed by atoms with E-state index < -0.39 is 12.0 Å². The van der Waals surface area contributed by atoms with Crippen LogP contribution in [0.3, 0.4) is 0 Å². The first-order valence-corrected chi connectivity index (χ1v) is 13.6. The Kier molecular flexibility index (Phi) is 7.63. The monoisotopic (exact) mass is 518 g/mol. The van der Waals surface area contributed by atoms with Crippen LogP contribution in [0, 0.1) is 17.8 Å². The van der Waals surface area contributed by atoms with Gasteiger partial charge < -0.3 is 15.0 Å². The van der Waals surface area contributed by atoms with Gasteiger partial charge in [0.15, 0.2) is 5.78 Å². The predicted molar refractivity (Wildman–Crippen MR) is 144 cm³/mol. The molecule has 2 aromatic carbocycles. The van der Waals surface area contributed by atoms with Gasteiger partial charge in [0.25, 0.3) is 0 Å². The van der Waals surface area contributed by atoms with Gasteiger partial charge in [-0.05, 0) is 73.3 Å². The predicted octanol–water partition coefficient (Wildman–Crippen LogP) is 5.77. The second-order valence-electron chi connectivity index (χ2n) is 11.1. The molecule has 1 aromatic heterocycles. The Morgan fingerprint density at radius 2 is 1.76 bits per heavy atom.